The van der Waals surface area contributed by atoms with Crippen LogP contribution in [0.3, 0.4) is 0 Å². The van der Waals surface area contributed by atoms with Gasteiger partial charge in [0.05, 0.1) is 9.83 Å². The largest absolute Gasteiger partial charge is 0.306 e. The van der Waals surface area contributed by atoms with Crippen LogP contribution in [-0.2, 0) is 0 Å². The summed E-state index contributed by atoms with van der Waals surface area (Å²) in [6.07, 6.45) is 5.26. The van der Waals surface area contributed by atoms with Gasteiger partial charge >= 0.3 is 0 Å². The maximum atomic E-state index is 4.06. The molecule has 0 spiro atoms. The number of halogens is 1. The van der Waals surface area contributed by atoms with Crippen LogP contribution >= 0.6 is 27.3 Å². The smallest absolute Gasteiger partial charge is 0.115 e. The van der Waals surface area contributed by atoms with E-state index in [9.17, 15) is 0 Å². The standard InChI is InChI=1S/C11H12BrN3S/c1-2-15-11(8-3-10(12)16-6-8)9-4-13-7-14-5-9/h3-7,11,15H,2H2,1H3. The van der Waals surface area contributed by atoms with Gasteiger partial charge in [0.15, 0.2) is 0 Å². The van der Waals surface area contributed by atoms with Gasteiger partial charge in [0, 0.05) is 18.0 Å². The zero-order valence-electron chi connectivity index (χ0n) is 8.85. The third kappa shape index (κ3) is 2.66. The molecule has 2 aromatic heterocycles. The Bertz CT molecular complexity index is 444. The molecule has 16 heavy (non-hydrogen) atoms. The number of nitrogens with zero attached hydrogens (tertiary/aromatic N) is 2. The zero-order chi connectivity index (χ0) is 11.4. The van der Waals surface area contributed by atoms with Gasteiger partial charge in [0.25, 0.3) is 0 Å². The lowest BCUT2D eigenvalue weighted by Crippen LogP contribution is -2.21. The summed E-state index contributed by atoms with van der Waals surface area (Å²) in [5, 5.41) is 5.58. The highest BCUT2D eigenvalue weighted by atomic mass is 79.9. The predicted molar refractivity (Wildman–Crippen MR) is 69.6 cm³/mol. The third-order valence-corrected chi connectivity index (χ3v) is 3.77. The second-order valence-corrected chi connectivity index (χ2v) is 5.64. The Kier molecular flexibility index (Phi) is 4.04. The fraction of sp³-hybridized carbons (Fsp3) is 0.273. The third-order valence-electron chi connectivity index (χ3n) is 2.24. The van der Waals surface area contributed by atoms with Crippen molar-refractivity contribution in [1.29, 1.82) is 0 Å². The second-order valence-electron chi connectivity index (χ2n) is 3.35. The van der Waals surface area contributed by atoms with Crippen molar-refractivity contribution in [2.45, 2.75) is 13.0 Å². The van der Waals surface area contributed by atoms with E-state index in [0.29, 0.717) is 0 Å². The van der Waals surface area contributed by atoms with E-state index in [2.05, 4.69) is 49.6 Å². The summed E-state index contributed by atoms with van der Waals surface area (Å²) in [6.45, 7) is 3.01. The molecule has 2 heterocycles. The minimum absolute atomic E-state index is 0.175. The molecule has 0 aliphatic carbocycles. The molecule has 1 N–H and O–H groups in total. The molecular formula is C11H12BrN3S. The van der Waals surface area contributed by atoms with Gasteiger partial charge in [-0.25, -0.2) is 9.97 Å². The first kappa shape index (κ1) is 11.7. The van der Waals surface area contributed by atoms with Crippen molar-refractivity contribution < 1.29 is 0 Å². The molecule has 0 amide bonds. The van der Waals surface area contributed by atoms with E-state index in [4.69, 9.17) is 0 Å². The van der Waals surface area contributed by atoms with E-state index >= 15 is 0 Å². The number of thiophene rings is 1. The predicted octanol–water partition coefficient (Wildman–Crippen LogP) is 3.00. The minimum atomic E-state index is 0.175. The second kappa shape index (κ2) is 5.52. The van der Waals surface area contributed by atoms with Gasteiger partial charge in [-0.2, -0.15) is 0 Å². The first-order valence-corrected chi connectivity index (χ1v) is 6.70. The van der Waals surface area contributed by atoms with Crippen LogP contribution in [0.2, 0.25) is 0 Å². The van der Waals surface area contributed by atoms with Gasteiger partial charge in [-0.3, -0.25) is 0 Å². The number of hydrogen-bond acceptors (Lipinski definition) is 4. The van der Waals surface area contributed by atoms with Crippen LogP contribution in [0.15, 0.2) is 34.0 Å². The molecule has 0 saturated heterocycles. The van der Waals surface area contributed by atoms with Gasteiger partial charge in [-0.05, 0) is 39.5 Å². The first-order valence-electron chi connectivity index (χ1n) is 5.03. The van der Waals surface area contributed by atoms with Crippen molar-refractivity contribution in [3.05, 3.63) is 45.1 Å². The lowest BCUT2D eigenvalue weighted by Gasteiger charge is -2.16. The molecule has 0 aromatic carbocycles. The Morgan fingerprint density at radius 2 is 2.12 bits per heavy atom. The van der Waals surface area contributed by atoms with Gasteiger partial charge in [-0.15, -0.1) is 11.3 Å². The van der Waals surface area contributed by atoms with Crippen LogP contribution in [0.25, 0.3) is 0 Å². The van der Waals surface area contributed by atoms with Crippen LogP contribution in [0.5, 0.6) is 0 Å². The maximum absolute atomic E-state index is 4.06. The first-order chi connectivity index (χ1) is 7.81. The van der Waals surface area contributed by atoms with Crippen molar-refractivity contribution in [3.63, 3.8) is 0 Å². The molecule has 2 rings (SSSR count). The SMILES string of the molecule is CCNC(c1cncnc1)c1csc(Br)c1. The summed E-state index contributed by atoms with van der Waals surface area (Å²) < 4.78 is 1.14. The molecule has 3 nitrogen and oxygen atoms in total. The Morgan fingerprint density at radius 1 is 1.38 bits per heavy atom. The Balaban J connectivity index is 2.31. The molecular weight excluding hydrogens is 286 g/mol. The molecule has 0 radical (unpaired) electrons. The summed E-state index contributed by atoms with van der Waals surface area (Å²) in [6, 6.07) is 2.30. The average Bonchev–Trinajstić information content (AvgIpc) is 2.74. The summed E-state index contributed by atoms with van der Waals surface area (Å²) in [5.74, 6) is 0. The number of nitrogens with one attached hydrogen (secondary N) is 1. The fourth-order valence-electron chi connectivity index (χ4n) is 1.57. The zero-order valence-corrected chi connectivity index (χ0v) is 11.3. The normalized spacial score (nSPS) is 12.6. The molecule has 0 saturated carbocycles. The number of aromatic nitrogens is 2. The van der Waals surface area contributed by atoms with Crippen LogP contribution in [0.4, 0.5) is 0 Å². The quantitative estimate of drug-likeness (QED) is 0.943. The van der Waals surface area contributed by atoms with E-state index in [0.717, 1.165) is 15.9 Å². The summed E-state index contributed by atoms with van der Waals surface area (Å²) >= 11 is 5.17. The molecule has 1 atom stereocenters. The van der Waals surface area contributed by atoms with Crippen LogP contribution < -0.4 is 5.32 Å². The minimum Gasteiger partial charge on any atom is -0.306 e. The number of rotatable bonds is 4. The van der Waals surface area contributed by atoms with Gasteiger partial charge in [0.2, 0.25) is 0 Å². The highest BCUT2D eigenvalue weighted by Crippen LogP contribution is 2.28. The topological polar surface area (TPSA) is 37.8 Å². The van der Waals surface area contributed by atoms with E-state index in [1.807, 2.05) is 12.4 Å². The maximum Gasteiger partial charge on any atom is 0.115 e. The Hall–Kier alpha value is -0.780. The lowest BCUT2D eigenvalue weighted by molar-refractivity contribution is 0.627. The van der Waals surface area contributed by atoms with Gasteiger partial charge < -0.3 is 5.32 Å². The molecule has 0 aliphatic heterocycles. The molecule has 5 heteroatoms. The lowest BCUT2D eigenvalue weighted by atomic mass is 10.0. The summed E-state index contributed by atoms with van der Waals surface area (Å²) in [7, 11) is 0. The van der Waals surface area contributed by atoms with Crippen molar-refractivity contribution >= 4 is 27.3 Å². The van der Waals surface area contributed by atoms with E-state index in [1.165, 1.54) is 5.56 Å². The molecule has 0 aliphatic rings. The average molecular weight is 298 g/mol. The molecule has 84 valence electrons. The monoisotopic (exact) mass is 297 g/mol. The number of hydrogen-bond donors (Lipinski definition) is 1. The van der Waals surface area contributed by atoms with E-state index < -0.39 is 0 Å². The van der Waals surface area contributed by atoms with Crippen LogP contribution in [0, 0.1) is 0 Å². The van der Waals surface area contributed by atoms with Gasteiger partial charge in [0.1, 0.15) is 6.33 Å². The molecule has 1 unspecified atom stereocenters. The van der Waals surface area contributed by atoms with Gasteiger partial charge in [-0.1, -0.05) is 6.92 Å². The highest BCUT2D eigenvalue weighted by molar-refractivity contribution is 9.11. The highest BCUT2D eigenvalue weighted by Gasteiger charge is 2.14. The summed E-state index contributed by atoms with van der Waals surface area (Å²) in [5.41, 5.74) is 2.34. The summed E-state index contributed by atoms with van der Waals surface area (Å²) in [4.78, 5) is 8.12. The Labute approximate surface area is 107 Å². The van der Waals surface area contributed by atoms with E-state index in [1.54, 1.807) is 17.7 Å². The van der Waals surface area contributed by atoms with Crippen LogP contribution in [-0.4, -0.2) is 16.5 Å². The van der Waals surface area contributed by atoms with E-state index in [-0.39, 0.29) is 6.04 Å². The van der Waals surface area contributed by atoms with Crippen LogP contribution in [0.1, 0.15) is 24.1 Å². The Morgan fingerprint density at radius 3 is 2.69 bits per heavy atom. The molecule has 0 bridgehead atoms. The van der Waals surface area contributed by atoms with Crippen molar-refractivity contribution in [2.75, 3.05) is 6.54 Å². The molecule has 0 fully saturated rings. The fourth-order valence-corrected chi connectivity index (χ4v) is 2.77. The molecule has 2 aromatic rings. The van der Waals surface area contributed by atoms with Crippen molar-refractivity contribution in [1.82, 2.24) is 15.3 Å². The van der Waals surface area contributed by atoms with Crippen molar-refractivity contribution in [3.8, 4) is 0 Å². The van der Waals surface area contributed by atoms with Crippen molar-refractivity contribution in [2.24, 2.45) is 0 Å².